The quantitative estimate of drug-likeness (QED) is 0.104. The molecule has 18 nitrogen and oxygen atoms in total. The van der Waals surface area contributed by atoms with Gasteiger partial charge in [-0.05, 0) is 31.7 Å². The fraction of sp³-hybridized carbons (Fsp3) is 0.963. The number of carbonyl (C=O) groups is 1. The van der Waals surface area contributed by atoms with E-state index in [-0.39, 0.29) is 25.4 Å². The van der Waals surface area contributed by atoms with Crippen LogP contribution >= 0.6 is 0 Å². The normalized spacial score (nSPS) is 53.4. The van der Waals surface area contributed by atoms with E-state index >= 15 is 0 Å². The van der Waals surface area contributed by atoms with Gasteiger partial charge in [0, 0.05) is 37.0 Å². The summed E-state index contributed by atoms with van der Waals surface area (Å²) >= 11 is 0. The van der Waals surface area contributed by atoms with Crippen molar-refractivity contribution < 1.29 is 54.8 Å². The van der Waals surface area contributed by atoms with Crippen molar-refractivity contribution in [2.24, 2.45) is 40.5 Å². The molecular formula is C27H51N7O11. The smallest absolute Gasteiger partial charge is 0.253 e. The summed E-state index contributed by atoms with van der Waals surface area (Å²) in [5.41, 5.74) is 28.6. The summed E-state index contributed by atoms with van der Waals surface area (Å²) in [6.07, 6.45) is -11.8. The monoisotopic (exact) mass is 649 g/mol. The molecule has 0 aromatic carbocycles. The van der Waals surface area contributed by atoms with Crippen LogP contribution in [0.15, 0.2) is 0 Å². The lowest BCUT2D eigenvalue weighted by molar-refractivity contribution is -0.307. The van der Waals surface area contributed by atoms with Gasteiger partial charge in [-0.15, -0.1) is 0 Å². The van der Waals surface area contributed by atoms with Crippen LogP contribution < -0.4 is 39.3 Å². The first-order valence-electron chi connectivity index (χ1n) is 15.7. The Morgan fingerprint density at radius 3 is 2.11 bits per heavy atom. The maximum atomic E-state index is 13.0. The van der Waals surface area contributed by atoms with Gasteiger partial charge in [0.2, 0.25) is 0 Å². The molecule has 0 aromatic heterocycles. The van der Waals surface area contributed by atoms with Crippen molar-refractivity contribution >= 4 is 5.91 Å². The molecule has 5 rings (SSSR count). The highest BCUT2D eigenvalue weighted by Gasteiger charge is 2.60. The van der Waals surface area contributed by atoms with Crippen LogP contribution in [0.3, 0.4) is 0 Å². The molecule has 18 heteroatoms. The molecule has 0 bridgehead atoms. The molecule has 2 saturated heterocycles. The highest BCUT2D eigenvalue weighted by atomic mass is 16.7. The van der Waals surface area contributed by atoms with Gasteiger partial charge in [0.25, 0.3) is 5.91 Å². The van der Waals surface area contributed by atoms with E-state index in [0.29, 0.717) is 12.5 Å². The zero-order chi connectivity index (χ0) is 33.0. The minimum absolute atomic E-state index is 0.0254. The maximum absolute atomic E-state index is 13.0. The standard InChI is InChI=1S/C27H51N7O11/c28-9-1-8(2-9)5-33-6-12-19(37)21(39)17(32)24(43-12)15-10(29)3-11(34-26(41)27(42)4-14(27)30)23(20(15)38)45-25-22(40)16(31)18(36)13(7-35)44-25/h8-25,33,35-40,42H,1-7,28-32H2,(H,34,41). The maximum Gasteiger partial charge on any atom is 0.253 e. The second-order valence-corrected chi connectivity index (χ2v) is 13.6. The first kappa shape index (κ1) is 35.1. The molecule has 19 N–H and O–H groups in total. The SMILES string of the molecule is NC1CC(CNCC2OC(C3C(N)CC(NC(=O)C4(O)CC4N)C(OC4OC(CO)C(O)C(N)C4O)C3O)C(N)C(O)C2O)C1. The Hall–Kier alpha value is -1.17. The number of amides is 1. The Bertz CT molecular complexity index is 1030. The number of ether oxygens (including phenoxy) is 3. The van der Waals surface area contributed by atoms with Crippen molar-refractivity contribution in [1.82, 2.24) is 10.6 Å². The van der Waals surface area contributed by atoms with Gasteiger partial charge in [-0.2, -0.15) is 0 Å². The number of carbonyl (C=O) groups excluding carboxylic acids is 1. The highest BCUT2D eigenvalue weighted by Crippen LogP contribution is 2.39. The molecule has 2 heterocycles. The minimum atomic E-state index is -1.81. The van der Waals surface area contributed by atoms with E-state index in [2.05, 4.69) is 10.6 Å². The zero-order valence-electron chi connectivity index (χ0n) is 25.0. The molecule has 5 fully saturated rings. The Morgan fingerprint density at radius 2 is 1.51 bits per heavy atom. The molecule has 5 aliphatic rings. The zero-order valence-corrected chi connectivity index (χ0v) is 25.0. The van der Waals surface area contributed by atoms with Crippen LogP contribution in [-0.2, 0) is 19.0 Å². The molecular weight excluding hydrogens is 598 g/mol. The van der Waals surface area contributed by atoms with E-state index in [9.17, 15) is 40.5 Å². The average Bonchev–Trinajstić information content (AvgIpc) is 3.61. The first-order valence-corrected chi connectivity index (χ1v) is 15.7. The summed E-state index contributed by atoms with van der Waals surface area (Å²) in [5, 5.41) is 80.6. The van der Waals surface area contributed by atoms with Gasteiger partial charge in [0.15, 0.2) is 11.9 Å². The van der Waals surface area contributed by atoms with Gasteiger partial charge in [0.05, 0.1) is 43.0 Å². The van der Waals surface area contributed by atoms with E-state index in [0.717, 1.165) is 12.8 Å². The summed E-state index contributed by atoms with van der Waals surface area (Å²) < 4.78 is 17.8. The molecule has 45 heavy (non-hydrogen) atoms. The van der Waals surface area contributed by atoms with Crippen LogP contribution in [-0.4, -0.2) is 164 Å². The third kappa shape index (κ3) is 6.89. The second kappa shape index (κ2) is 13.7. The summed E-state index contributed by atoms with van der Waals surface area (Å²) in [6.45, 7) is 0.163. The molecule has 0 radical (unpaired) electrons. The van der Waals surface area contributed by atoms with Gasteiger partial charge in [-0.25, -0.2) is 0 Å². The van der Waals surface area contributed by atoms with Gasteiger partial charge < -0.3 is 89.3 Å². The van der Waals surface area contributed by atoms with Crippen molar-refractivity contribution in [2.45, 2.75) is 129 Å². The molecule has 17 atom stereocenters. The van der Waals surface area contributed by atoms with Crippen molar-refractivity contribution in [3.05, 3.63) is 0 Å². The molecule has 17 unspecified atom stereocenters. The Balaban J connectivity index is 1.35. The van der Waals surface area contributed by atoms with Gasteiger partial charge in [0.1, 0.15) is 36.6 Å². The lowest BCUT2D eigenvalue weighted by atomic mass is 9.71. The predicted octanol–water partition coefficient (Wildman–Crippen LogP) is -8.06. The van der Waals surface area contributed by atoms with E-state index in [1.54, 1.807) is 0 Å². The predicted molar refractivity (Wildman–Crippen MR) is 154 cm³/mol. The summed E-state index contributed by atoms with van der Waals surface area (Å²) in [7, 11) is 0. The topological polar surface area (TPSA) is 341 Å². The van der Waals surface area contributed by atoms with E-state index in [4.69, 9.17) is 42.9 Å². The van der Waals surface area contributed by atoms with E-state index < -0.39 is 115 Å². The minimum Gasteiger partial charge on any atom is -0.394 e. The fourth-order valence-corrected chi connectivity index (χ4v) is 7.18. The summed E-state index contributed by atoms with van der Waals surface area (Å²) in [5.74, 6) is -1.44. The highest BCUT2D eigenvalue weighted by molar-refractivity contribution is 5.89. The molecule has 3 saturated carbocycles. The van der Waals surface area contributed by atoms with Gasteiger partial charge >= 0.3 is 0 Å². The number of hydrogen-bond acceptors (Lipinski definition) is 17. The largest absolute Gasteiger partial charge is 0.394 e. The van der Waals surface area contributed by atoms with Crippen LogP contribution in [0, 0.1) is 11.8 Å². The average molecular weight is 650 g/mol. The lowest BCUT2D eigenvalue weighted by Crippen LogP contribution is -2.72. The van der Waals surface area contributed by atoms with Crippen LogP contribution in [0.2, 0.25) is 0 Å². The summed E-state index contributed by atoms with van der Waals surface area (Å²) in [4.78, 5) is 13.0. The Morgan fingerprint density at radius 1 is 0.844 bits per heavy atom. The van der Waals surface area contributed by atoms with Crippen LogP contribution in [0.5, 0.6) is 0 Å². The lowest BCUT2D eigenvalue weighted by Gasteiger charge is -2.52. The van der Waals surface area contributed by atoms with Crippen molar-refractivity contribution in [3.63, 3.8) is 0 Å². The molecule has 260 valence electrons. The summed E-state index contributed by atoms with van der Waals surface area (Å²) in [6, 6.07) is -5.02. The Kier molecular flexibility index (Phi) is 10.7. The molecule has 1 amide bonds. The molecule has 3 aliphatic carbocycles. The van der Waals surface area contributed by atoms with Crippen LogP contribution in [0.1, 0.15) is 25.7 Å². The molecule has 2 aliphatic heterocycles. The number of hydrogen-bond donors (Lipinski definition) is 14. The van der Waals surface area contributed by atoms with Crippen LogP contribution in [0.25, 0.3) is 0 Å². The number of nitrogens with two attached hydrogens (primary N) is 5. The molecule has 0 spiro atoms. The van der Waals surface area contributed by atoms with Gasteiger partial charge in [-0.3, -0.25) is 4.79 Å². The van der Waals surface area contributed by atoms with Crippen LogP contribution in [0.4, 0.5) is 0 Å². The van der Waals surface area contributed by atoms with E-state index in [1.165, 1.54) is 0 Å². The number of nitrogens with one attached hydrogen (secondary N) is 2. The van der Waals surface area contributed by atoms with Gasteiger partial charge in [-0.1, -0.05) is 0 Å². The number of aliphatic hydroxyl groups is 7. The van der Waals surface area contributed by atoms with Crippen molar-refractivity contribution in [2.75, 3.05) is 19.7 Å². The third-order valence-electron chi connectivity index (χ3n) is 10.3. The number of rotatable bonds is 10. The molecule has 0 aromatic rings. The third-order valence-corrected chi connectivity index (χ3v) is 10.3. The second-order valence-electron chi connectivity index (χ2n) is 13.6. The Labute approximate surface area is 260 Å². The number of aliphatic hydroxyl groups excluding tert-OH is 6. The van der Waals surface area contributed by atoms with Crippen molar-refractivity contribution in [3.8, 4) is 0 Å². The first-order chi connectivity index (χ1) is 21.2. The van der Waals surface area contributed by atoms with E-state index in [1.807, 2.05) is 0 Å². The fourth-order valence-electron chi connectivity index (χ4n) is 7.18. The van der Waals surface area contributed by atoms with Crippen molar-refractivity contribution in [1.29, 1.82) is 0 Å².